The van der Waals surface area contributed by atoms with Gasteiger partial charge in [0.25, 0.3) is 0 Å². The molecule has 0 heterocycles. The topological polar surface area (TPSA) is 20.3 Å². The number of hydrogen-bond donors (Lipinski definition) is 0. The molecule has 0 spiro atoms. The van der Waals surface area contributed by atoms with Crippen LogP contribution >= 0.6 is 0 Å². The molecule has 0 radical (unpaired) electrons. The molecule has 0 aromatic rings. The van der Waals surface area contributed by atoms with Crippen LogP contribution < -0.4 is 0 Å². The first-order chi connectivity index (χ1) is 6.38. The zero-order valence-electron chi connectivity index (χ0n) is 9.97. The van der Waals surface area contributed by atoms with Gasteiger partial charge in [-0.05, 0) is 25.3 Å². The summed E-state index contributed by atoms with van der Waals surface area (Å²) in [6.45, 7) is 7.81. The van der Waals surface area contributed by atoms with Crippen LogP contribution in [0.25, 0.3) is 0 Å². The number of carbonyl (C=O) groups excluding carboxylic acids is 1. The Hall–Kier alpha value is -0.370. The summed E-state index contributed by atoms with van der Waals surface area (Å²) < 4.78 is 0. The number of rotatable bonds is 2. The number of nitrogens with zero attached hydrogens (tertiary/aromatic N) is 1. The Balaban J connectivity index is 2.43. The van der Waals surface area contributed by atoms with Gasteiger partial charge in [0, 0.05) is 25.4 Å². The van der Waals surface area contributed by atoms with Crippen molar-refractivity contribution in [3.8, 4) is 0 Å². The minimum atomic E-state index is 0.329. The molecule has 1 rings (SSSR count). The van der Waals surface area contributed by atoms with Gasteiger partial charge >= 0.3 is 0 Å². The monoisotopic (exact) mass is 197 g/mol. The van der Waals surface area contributed by atoms with Crippen LogP contribution in [0.2, 0.25) is 0 Å². The normalized spacial score (nSPS) is 24.4. The Morgan fingerprint density at radius 3 is 2.57 bits per heavy atom. The van der Waals surface area contributed by atoms with Crippen molar-refractivity contribution >= 4 is 5.78 Å². The average Bonchev–Trinajstić information content (AvgIpc) is 2.01. The number of Topliss-reactive ketones (excluding diaryl/α,β-unsaturated/α-hetero) is 1. The number of carbonyl (C=O) groups is 1. The van der Waals surface area contributed by atoms with E-state index in [1.165, 1.54) is 6.42 Å². The van der Waals surface area contributed by atoms with Crippen molar-refractivity contribution in [2.75, 3.05) is 13.6 Å². The van der Waals surface area contributed by atoms with Crippen molar-refractivity contribution in [2.24, 2.45) is 5.41 Å². The second kappa shape index (κ2) is 4.43. The Labute approximate surface area is 87.7 Å². The lowest BCUT2D eigenvalue weighted by molar-refractivity contribution is -0.122. The number of hydrogen-bond acceptors (Lipinski definition) is 2. The van der Waals surface area contributed by atoms with Gasteiger partial charge in [-0.25, -0.2) is 0 Å². The highest BCUT2D eigenvalue weighted by molar-refractivity contribution is 5.79. The van der Waals surface area contributed by atoms with Crippen LogP contribution in [0, 0.1) is 5.41 Å². The third kappa shape index (κ3) is 3.79. The maximum atomic E-state index is 11.3. The highest BCUT2D eigenvalue weighted by Gasteiger charge is 2.25. The quantitative estimate of drug-likeness (QED) is 0.678. The standard InChI is InChI=1S/C12H23NO/c1-12(2,3)9-13(4)10-6-5-7-11(14)8-10/h10H,5-9H2,1-4H3. The highest BCUT2D eigenvalue weighted by atomic mass is 16.1. The fourth-order valence-electron chi connectivity index (χ4n) is 2.26. The van der Waals surface area contributed by atoms with Gasteiger partial charge in [-0.15, -0.1) is 0 Å². The Kier molecular flexibility index (Phi) is 3.71. The smallest absolute Gasteiger partial charge is 0.134 e. The SMILES string of the molecule is CN(CC(C)(C)C)C1CCCC(=O)C1. The molecule has 14 heavy (non-hydrogen) atoms. The molecule has 82 valence electrons. The first-order valence-electron chi connectivity index (χ1n) is 5.60. The van der Waals surface area contributed by atoms with Crippen LogP contribution in [0.1, 0.15) is 46.5 Å². The zero-order chi connectivity index (χ0) is 10.8. The predicted molar refractivity (Wildman–Crippen MR) is 59.3 cm³/mol. The second-order valence-corrected chi connectivity index (χ2v) is 5.76. The van der Waals surface area contributed by atoms with Gasteiger partial charge < -0.3 is 4.90 Å². The first-order valence-corrected chi connectivity index (χ1v) is 5.60. The van der Waals surface area contributed by atoms with Crippen LogP contribution in [0.3, 0.4) is 0 Å². The summed E-state index contributed by atoms with van der Waals surface area (Å²) in [6, 6.07) is 0.496. The summed E-state index contributed by atoms with van der Waals surface area (Å²) in [5, 5.41) is 0. The van der Waals surface area contributed by atoms with Crippen LogP contribution in [0.5, 0.6) is 0 Å². The summed E-state index contributed by atoms with van der Waals surface area (Å²) in [5.41, 5.74) is 0.329. The largest absolute Gasteiger partial charge is 0.302 e. The van der Waals surface area contributed by atoms with Crippen molar-refractivity contribution in [2.45, 2.75) is 52.5 Å². The molecule has 0 aromatic heterocycles. The van der Waals surface area contributed by atoms with Gasteiger partial charge in [0.15, 0.2) is 0 Å². The van der Waals surface area contributed by atoms with E-state index in [1.807, 2.05) is 0 Å². The summed E-state index contributed by atoms with van der Waals surface area (Å²) in [4.78, 5) is 13.7. The van der Waals surface area contributed by atoms with E-state index in [9.17, 15) is 4.79 Å². The van der Waals surface area contributed by atoms with Crippen molar-refractivity contribution in [3.05, 3.63) is 0 Å². The van der Waals surface area contributed by atoms with E-state index in [1.54, 1.807) is 0 Å². The number of ketones is 1. The van der Waals surface area contributed by atoms with Crippen molar-refractivity contribution in [1.82, 2.24) is 4.90 Å². The minimum Gasteiger partial charge on any atom is -0.302 e. The Bertz CT molecular complexity index is 205. The Morgan fingerprint density at radius 1 is 1.43 bits per heavy atom. The molecule has 0 aromatic carbocycles. The molecule has 2 heteroatoms. The van der Waals surface area contributed by atoms with E-state index < -0.39 is 0 Å². The molecular weight excluding hydrogens is 174 g/mol. The fourth-order valence-corrected chi connectivity index (χ4v) is 2.26. The summed E-state index contributed by atoms with van der Waals surface area (Å²) >= 11 is 0. The zero-order valence-corrected chi connectivity index (χ0v) is 9.97. The van der Waals surface area contributed by atoms with Crippen molar-refractivity contribution in [1.29, 1.82) is 0 Å². The van der Waals surface area contributed by atoms with Crippen LogP contribution in [-0.2, 0) is 4.79 Å². The molecule has 1 saturated carbocycles. The molecule has 0 saturated heterocycles. The molecule has 1 fully saturated rings. The molecule has 0 aliphatic heterocycles. The third-order valence-electron chi connectivity index (χ3n) is 2.80. The molecule has 1 aliphatic carbocycles. The molecular formula is C12H23NO. The summed E-state index contributed by atoms with van der Waals surface area (Å²) in [7, 11) is 2.15. The lowest BCUT2D eigenvalue weighted by Crippen LogP contribution is -2.40. The molecule has 1 atom stereocenters. The molecule has 0 bridgehead atoms. The van der Waals surface area contributed by atoms with E-state index in [-0.39, 0.29) is 0 Å². The van der Waals surface area contributed by atoms with E-state index >= 15 is 0 Å². The van der Waals surface area contributed by atoms with E-state index in [0.29, 0.717) is 17.2 Å². The molecule has 1 aliphatic rings. The van der Waals surface area contributed by atoms with E-state index in [2.05, 4.69) is 32.7 Å². The lowest BCUT2D eigenvalue weighted by atomic mass is 9.90. The Morgan fingerprint density at radius 2 is 2.07 bits per heavy atom. The van der Waals surface area contributed by atoms with Crippen molar-refractivity contribution < 1.29 is 4.79 Å². The third-order valence-corrected chi connectivity index (χ3v) is 2.80. The first kappa shape index (κ1) is 11.7. The summed E-state index contributed by atoms with van der Waals surface area (Å²) in [5.74, 6) is 0.446. The second-order valence-electron chi connectivity index (χ2n) is 5.76. The van der Waals surface area contributed by atoms with Crippen LogP contribution in [0.15, 0.2) is 0 Å². The lowest BCUT2D eigenvalue weighted by Gasteiger charge is -2.34. The van der Waals surface area contributed by atoms with Gasteiger partial charge in [-0.2, -0.15) is 0 Å². The molecule has 1 unspecified atom stereocenters. The summed E-state index contributed by atoms with van der Waals surface area (Å²) in [6.07, 6.45) is 3.85. The highest BCUT2D eigenvalue weighted by Crippen LogP contribution is 2.23. The molecule has 0 N–H and O–H groups in total. The van der Waals surface area contributed by atoms with Crippen LogP contribution in [0.4, 0.5) is 0 Å². The predicted octanol–water partition coefficient (Wildman–Crippen LogP) is 2.48. The average molecular weight is 197 g/mol. The van der Waals surface area contributed by atoms with Crippen molar-refractivity contribution in [3.63, 3.8) is 0 Å². The molecule has 0 amide bonds. The fraction of sp³-hybridized carbons (Fsp3) is 0.917. The maximum Gasteiger partial charge on any atom is 0.134 e. The maximum absolute atomic E-state index is 11.3. The van der Waals surface area contributed by atoms with Gasteiger partial charge in [0.2, 0.25) is 0 Å². The van der Waals surface area contributed by atoms with Gasteiger partial charge in [0.1, 0.15) is 5.78 Å². The van der Waals surface area contributed by atoms with Crippen LogP contribution in [-0.4, -0.2) is 30.3 Å². The minimum absolute atomic E-state index is 0.329. The van der Waals surface area contributed by atoms with Gasteiger partial charge in [-0.3, -0.25) is 4.79 Å². The molecule has 2 nitrogen and oxygen atoms in total. The van der Waals surface area contributed by atoms with E-state index in [0.717, 1.165) is 25.8 Å². The van der Waals surface area contributed by atoms with Gasteiger partial charge in [-0.1, -0.05) is 20.8 Å². The van der Waals surface area contributed by atoms with Gasteiger partial charge in [0.05, 0.1) is 0 Å². The van der Waals surface area contributed by atoms with E-state index in [4.69, 9.17) is 0 Å².